The number of rotatable bonds is 9. The lowest BCUT2D eigenvalue weighted by molar-refractivity contribution is -0.121. The molecule has 166 valence electrons. The summed E-state index contributed by atoms with van der Waals surface area (Å²) in [4.78, 5) is 17.1. The van der Waals surface area contributed by atoms with Gasteiger partial charge in [0.25, 0.3) is 0 Å². The van der Waals surface area contributed by atoms with Gasteiger partial charge in [-0.3, -0.25) is 9.69 Å². The molecule has 0 spiro atoms. The third kappa shape index (κ3) is 6.80. The lowest BCUT2D eigenvalue weighted by Crippen LogP contribution is -2.46. The van der Waals surface area contributed by atoms with E-state index in [1.165, 1.54) is 5.56 Å². The monoisotopic (exact) mass is 424 g/mol. The van der Waals surface area contributed by atoms with Crippen molar-refractivity contribution >= 4 is 11.6 Å². The molecular weight excluding hydrogens is 392 g/mol. The van der Waals surface area contributed by atoms with Crippen LogP contribution in [0, 0.1) is 0 Å². The largest absolute Gasteiger partial charge is 0.493 e. The standard InChI is InChI=1S/C24H32N4O3/c1-19(21-9-10-22(30-2)23(17-21)31-3)25-26-24(29)11-12-27-13-15-28(16-14-27)18-20-7-5-4-6-8-20/h4-10,17H,11-16,18H2,1-3H3,(H,26,29). The molecule has 0 aliphatic carbocycles. The molecule has 1 aliphatic rings. The van der Waals surface area contributed by atoms with Gasteiger partial charge >= 0.3 is 0 Å². The molecule has 0 aromatic heterocycles. The summed E-state index contributed by atoms with van der Waals surface area (Å²) in [7, 11) is 3.19. The summed E-state index contributed by atoms with van der Waals surface area (Å²) in [6.45, 7) is 7.59. The van der Waals surface area contributed by atoms with E-state index in [0.29, 0.717) is 23.6 Å². The third-order valence-electron chi connectivity index (χ3n) is 5.52. The Balaban J connectivity index is 1.40. The highest BCUT2D eigenvalue weighted by atomic mass is 16.5. The Morgan fingerprint density at radius 1 is 0.968 bits per heavy atom. The topological polar surface area (TPSA) is 66.4 Å². The number of benzene rings is 2. The van der Waals surface area contributed by atoms with Gasteiger partial charge in [-0.15, -0.1) is 0 Å². The smallest absolute Gasteiger partial charge is 0.241 e. The molecule has 0 radical (unpaired) electrons. The van der Waals surface area contributed by atoms with Gasteiger partial charge in [-0.25, -0.2) is 5.43 Å². The minimum absolute atomic E-state index is 0.0773. The van der Waals surface area contributed by atoms with E-state index in [2.05, 4.69) is 44.6 Å². The maximum Gasteiger partial charge on any atom is 0.241 e. The molecule has 0 saturated carbocycles. The van der Waals surface area contributed by atoms with Crippen LogP contribution in [0.5, 0.6) is 11.5 Å². The molecule has 3 rings (SSSR count). The molecule has 1 aliphatic heterocycles. The molecule has 1 saturated heterocycles. The van der Waals surface area contributed by atoms with Crippen molar-refractivity contribution in [3.8, 4) is 11.5 Å². The van der Waals surface area contributed by atoms with E-state index in [1.807, 2.05) is 31.2 Å². The SMILES string of the molecule is COc1ccc(C(C)=NNC(=O)CCN2CCN(Cc3ccccc3)CC2)cc1OC. The van der Waals surface area contributed by atoms with Crippen LogP contribution >= 0.6 is 0 Å². The van der Waals surface area contributed by atoms with Gasteiger partial charge in [0.1, 0.15) is 0 Å². The Hall–Kier alpha value is -2.90. The minimum atomic E-state index is -0.0773. The summed E-state index contributed by atoms with van der Waals surface area (Å²) < 4.78 is 10.6. The number of hydrogen-bond donors (Lipinski definition) is 1. The second kappa shape index (κ2) is 11.5. The average molecular weight is 425 g/mol. The Kier molecular flexibility index (Phi) is 8.44. The van der Waals surface area contributed by atoms with E-state index in [9.17, 15) is 4.79 Å². The average Bonchev–Trinajstić information content (AvgIpc) is 2.82. The van der Waals surface area contributed by atoms with Gasteiger partial charge in [-0.2, -0.15) is 5.10 Å². The number of methoxy groups -OCH3 is 2. The van der Waals surface area contributed by atoms with E-state index in [4.69, 9.17) is 9.47 Å². The van der Waals surface area contributed by atoms with Crippen molar-refractivity contribution in [1.29, 1.82) is 0 Å². The number of piperazine rings is 1. The first-order valence-corrected chi connectivity index (χ1v) is 10.6. The maximum absolute atomic E-state index is 12.3. The first-order valence-electron chi connectivity index (χ1n) is 10.6. The van der Waals surface area contributed by atoms with E-state index in [-0.39, 0.29) is 5.91 Å². The van der Waals surface area contributed by atoms with E-state index < -0.39 is 0 Å². The molecule has 2 aromatic carbocycles. The summed E-state index contributed by atoms with van der Waals surface area (Å²) in [5.74, 6) is 1.21. The molecule has 1 fully saturated rings. The molecule has 0 bridgehead atoms. The van der Waals surface area contributed by atoms with E-state index in [1.54, 1.807) is 14.2 Å². The number of amides is 1. The zero-order valence-electron chi connectivity index (χ0n) is 18.6. The molecule has 1 heterocycles. The van der Waals surface area contributed by atoms with Gasteiger partial charge in [0.05, 0.1) is 19.9 Å². The van der Waals surface area contributed by atoms with Crippen LogP contribution in [0.4, 0.5) is 0 Å². The highest BCUT2D eigenvalue weighted by Crippen LogP contribution is 2.27. The molecule has 0 atom stereocenters. The Labute approximate surface area is 184 Å². The summed E-state index contributed by atoms with van der Waals surface area (Å²) >= 11 is 0. The Morgan fingerprint density at radius 3 is 2.32 bits per heavy atom. The quantitative estimate of drug-likeness (QED) is 0.495. The molecule has 1 amide bonds. The number of hydrazone groups is 1. The molecule has 7 nitrogen and oxygen atoms in total. The van der Waals surface area contributed by atoms with E-state index in [0.717, 1.165) is 44.8 Å². The van der Waals surface area contributed by atoms with Crippen molar-refractivity contribution < 1.29 is 14.3 Å². The summed E-state index contributed by atoms with van der Waals surface area (Å²) in [6.07, 6.45) is 0.432. The van der Waals surface area contributed by atoms with Crippen LogP contribution in [0.25, 0.3) is 0 Å². The zero-order chi connectivity index (χ0) is 22.1. The zero-order valence-corrected chi connectivity index (χ0v) is 18.6. The Morgan fingerprint density at radius 2 is 1.65 bits per heavy atom. The second-order valence-electron chi connectivity index (χ2n) is 7.66. The van der Waals surface area contributed by atoms with Crippen molar-refractivity contribution in [3.05, 3.63) is 59.7 Å². The van der Waals surface area contributed by atoms with Gasteiger partial charge in [-0.1, -0.05) is 30.3 Å². The lowest BCUT2D eigenvalue weighted by Gasteiger charge is -2.34. The van der Waals surface area contributed by atoms with Crippen molar-refractivity contribution in [1.82, 2.24) is 15.2 Å². The van der Waals surface area contributed by atoms with Crippen LogP contribution in [0.2, 0.25) is 0 Å². The first-order chi connectivity index (χ1) is 15.1. The maximum atomic E-state index is 12.3. The molecule has 31 heavy (non-hydrogen) atoms. The fourth-order valence-electron chi connectivity index (χ4n) is 3.60. The number of nitrogens with one attached hydrogen (secondary N) is 1. The van der Waals surface area contributed by atoms with Gasteiger partial charge < -0.3 is 14.4 Å². The molecular formula is C24H32N4O3. The predicted octanol–water partition coefficient (Wildman–Crippen LogP) is 2.75. The molecule has 7 heteroatoms. The van der Waals surface area contributed by atoms with Crippen molar-refractivity contribution in [2.75, 3.05) is 46.9 Å². The van der Waals surface area contributed by atoms with Crippen LogP contribution < -0.4 is 14.9 Å². The van der Waals surface area contributed by atoms with Crippen LogP contribution in [0.1, 0.15) is 24.5 Å². The second-order valence-corrected chi connectivity index (χ2v) is 7.66. The van der Waals surface area contributed by atoms with Crippen molar-refractivity contribution in [2.45, 2.75) is 19.9 Å². The van der Waals surface area contributed by atoms with Crippen LogP contribution in [0.15, 0.2) is 53.6 Å². The van der Waals surface area contributed by atoms with Crippen LogP contribution in [-0.4, -0.2) is 68.4 Å². The fourth-order valence-corrected chi connectivity index (χ4v) is 3.60. The number of nitrogens with zero attached hydrogens (tertiary/aromatic N) is 3. The molecule has 1 N–H and O–H groups in total. The van der Waals surface area contributed by atoms with Crippen molar-refractivity contribution in [3.63, 3.8) is 0 Å². The first kappa shape index (κ1) is 22.8. The third-order valence-corrected chi connectivity index (χ3v) is 5.52. The number of hydrogen-bond acceptors (Lipinski definition) is 6. The van der Waals surface area contributed by atoms with Gasteiger partial charge in [0.2, 0.25) is 5.91 Å². The molecule has 2 aromatic rings. The predicted molar refractivity (Wildman–Crippen MR) is 123 cm³/mol. The number of carbonyl (C=O) groups is 1. The normalized spacial score (nSPS) is 15.5. The van der Waals surface area contributed by atoms with Gasteiger partial charge in [0.15, 0.2) is 11.5 Å². The van der Waals surface area contributed by atoms with E-state index >= 15 is 0 Å². The summed E-state index contributed by atoms with van der Waals surface area (Å²) in [6, 6.07) is 16.1. The van der Waals surface area contributed by atoms with Crippen molar-refractivity contribution in [2.24, 2.45) is 5.10 Å². The van der Waals surface area contributed by atoms with Crippen LogP contribution in [0.3, 0.4) is 0 Å². The number of ether oxygens (including phenoxy) is 2. The highest BCUT2D eigenvalue weighted by molar-refractivity contribution is 5.99. The highest BCUT2D eigenvalue weighted by Gasteiger charge is 2.17. The van der Waals surface area contributed by atoms with Gasteiger partial charge in [0, 0.05) is 51.3 Å². The van der Waals surface area contributed by atoms with Crippen LogP contribution in [-0.2, 0) is 11.3 Å². The molecule has 0 unspecified atom stereocenters. The minimum Gasteiger partial charge on any atom is -0.493 e. The Bertz CT molecular complexity index is 878. The number of carbonyl (C=O) groups excluding carboxylic acids is 1. The lowest BCUT2D eigenvalue weighted by atomic mass is 10.1. The fraction of sp³-hybridized carbons (Fsp3) is 0.417. The summed E-state index contributed by atoms with van der Waals surface area (Å²) in [5.41, 5.74) is 5.59. The van der Waals surface area contributed by atoms with Gasteiger partial charge in [-0.05, 0) is 30.7 Å². The summed E-state index contributed by atoms with van der Waals surface area (Å²) in [5, 5.41) is 4.24.